The summed E-state index contributed by atoms with van der Waals surface area (Å²) in [5.74, 6) is -0.0302. The molecule has 52 heavy (non-hydrogen) atoms. The molecule has 0 fully saturated rings. The first-order chi connectivity index (χ1) is 25.5. The topological polar surface area (TPSA) is 99.5 Å². The quantitative estimate of drug-likeness (QED) is 0.0472. The van der Waals surface area contributed by atoms with E-state index in [0.717, 1.165) is 90.4 Å². The molecule has 310 valence electrons. The summed E-state index contributed by atoms with van der Waals surface area (Å²) in [7, 11) is 0. The lowest BCUT2D eigenvalue weighted by molar-refractivity contribution is -0.150. The van der Waals surface area contributed by atoms with Gasteiger partial charge in [-0.05, 0) is 38.5 Å². The lowest BCUT2D eigenvalue weighted by Gasteiger charge is -2.27. The highest BCUT2D eigenvalue weighted by Crippen LogP contribution is 2.22. The van der Waals surface area contributed by atoms with Crippen LogP contribution in [-0.2, 0) is 19.1 Å². The zero-order valence-corrected chi connectivity index (χ0v) is 35.0. The molecular formula is C44H88N2O6. The van der Waals surface area contributed by atoms with Gasteiger partial charge in [0, 0.05) is 39.3 Å². The molecule has 2 atom stereocenters. The number of hydrogen-bond donors (Lipinski definition) is 2. The number of unbranched alkanes of at least 4 members (excludes halogenated alkanes) is 16. The second-order valence-electron chi connectivity index (χ2n) is 15.4. The minimum Gasteiger partial charge on any atom is -0.465 e. The van der Waals surface area contributed by atoms with E-state index < -0.39 is 0 Å². The molecule has 8 heteroatoms. The van der Waals surface area contributed by atoms with Gasteiger partial charge in [0.2, 0.25) is 0 Å². The van der Waals surface area contributed by atoms with Crippen molar-refractivity contribution in [1.29, 1.82) is 0 Å². The number of esters is 2. The Kier molecular flexibility index (Phi) is 38.5. The summed E-state index contributed by atoms with van der Waals surface area (Å²) >= 11 is 0. The van der Waals surface area contributed by atoms with E-state index >= 15 is 0 Å². The second kappa shape index (κ2) is 39.5. The number of nitrogens with zero attached hydrogens (tertiary/aromatic N) is 2. The SMILES string of the molecule is CCCCCCCCC(CCCCCC)C(=O)OCCCN(CCO)CCN(CCO)CCCOC(=O)C(CCCCCC)CCCCCCCC. The summed E-state index contributed by atoms with van der Waals surface area (Å²) in [6, 6.07) is 0. The molecule has 0 bridgehead atoms. The lowest BCUT2D eigenvalue weighted by Crippen LogP contribution is -2.39. The molecule has 2 unspecified atom stereocenters. The Morgan fingerprint density at radius 2 is 0.692 bits per heavy atom. The number of carbonyl (C=O) groups excluding carboxylic acids is 2. The van der Waals surface area contributed by atoms with Crippen molar-refractivity contribution in [2.75, 3.05) is 65.7 Å². The van der Waals surface area contributed by atoms with Crippen LogP contribution in [0.2, 0.25) is 0 Å². The first-order valence-electron chi connectivity index (χ1n) is 22.5. The summed E-state index contributed by atoms with van der Waals surface area (Å²) in [4.78, 5) is 30.5. The van der Waals surface area contributed by atoms with Gasteiger partial charge in [0.25, 0.3) is 0 Å². The molecule has 0 aliphatic rings. The van der Waals surface area contributed by atoms with E-state index in [9.17, 15) is 19.8 Å². The smallest absolute Gasteiger partial charge is 0.308 e. The zero-order chi connectivity index (χ0) is 38.3. The van der Waals surface area contributed by atoms with Crippen LogP contribution in [0, 0.1) is 11.8 Å². The van der Waals surface area contributed by atoms with Gasteiger partial charge in [0.05, 0.1) is 38.3 Å². The first kappa shape index (κ1) is 50.8. The number of carbonyl (C=O) groups is 2. The molecule has 0 aromatic heterocycles. The molecule has 0 saturated heterocycles. The van der Waals surface area contributed by atoms with E-state index in [0.29, 0.717) is 26.3 Å². The number of aliphatic hydroxyl groups is 2. The Balaban J connectivity index is 4.70. The largest absolute Gasteiger partial charge is 0.465 e. The third-order valence-corrected chi connectivity index (χ3v) is 10.6. The highest BCUT2D eigenvalue weighted by atomic mass is 16.5. The van der Waals surface area contributed by atoms with Gasteiger partial charge >= 0.3 is 11.9 Å². The van der Waals surface area contributed by atoms with Gasteiger partial charge in [-0.2, -0.15) is 0 Å². The maximum Gasteiger partial charge on any atom is 0.308 e. The average Bonchev–Trinajstić information content (AvgIpc) is 3.14. The molecule has 0 spiro atoms. The van der Waals surface area contributed by atoms with Crippen molar-refractivity contribution < 1.29 is 29.3 Å². The van der Waals surface area contributed by atoms with Crippen molar-refractivity contribution in [2.24, 2.45) is 11.8 Å². The fraction of sp³-hybridized carbons (Fsp3) is 0.955. The van der Waals surface area contributed by atoms with Crippen LogP contribution >= 0.6 is 0 Å². The third-order valence-electron chi connectivity index (χ3n) is 10.6. The Morgan fingerprint density at radius 3 is 1.00 bits per heavy atom. The van der Waals surface area contributed by atoms with Crippen molar-refractivity contribution in [3.63, 3.8) is 0 Å². The summed E-state index contributed by atoms with van der Waals surface area (Å²) in [5.41, 5.74) is 0. The zero-order valence-electron chi connectivity index (χ0n) is 35.0. The van der Waals surface area contributed by atoms with E-state index in [2.05, 4.69) is 37.5 Å². The highest BCUT2D eigenvalue weighted by Gasteiger charge is 2.21. The standard InChI is InChI=1S/C44H88N2O6/c1-5-9-13-17-19-23-29-41(27-21-15-11-7-3)43(49)51-39-25-31-45(35-37-47)33-34-46(36-38-48)32-26-40-52-44(50)42(28-22-16-12-8-4)30-24-20-18-14-10-6-2/h41-42,47-48H,5-40H2,1-4H3. The monoisotopic (exact) mass is 741 g/mol. The Hall–Kier alpha value is -1.22. The summed E-state index contributed by atoms with van der Waals surface area (Å²) in [6.45, 7) is 14.0. The van der Waals surface area contributed by atoms with Crippen LogP contribution in [0.15, 0.2) is 0 Å². The Bertz CT molecular complexity index is 707. The van der Waals surface area contributed by atoms with Gasteiger partial charge in [-0.15, -0.1) is 0 Å². The molecular weight excluding hydrogens is 652 g/mol. The maximum absolute atomic E-state index is 13.1. The molecule has 0 heterocycles. The normalized spacial score (nSPS) is 12.8. The van der Waals surface area contributed by atoms with Crippen molar-refractivity contribution in [1.82, 2.24) is 9.80 Å². The molecule has 0 aliphatic heterocycles. The van der Waals surface area contributed by atoms with Crippen molar-refractivity contribution >= 4 is 11.9 Å². The maximum atomic E-state index is 13.1. The van der Waals surface area contributed by atoms with Crippen LogP contribution < -0.4 is 0 Å². The van der Waals surface area contributed by atoms with Crippen LogP contribution in [0.25, 0.3) is 0 Å². The highest BCUT2D eigenvalue weighted by molar-refractivity contribution is 5.72. The number of hydrogen-bond acceptors (Lipinski definition) is 8. The van der Waals surface area contributed by atoms with E-state index in [-0.39, 0.29) is 37.0 Å². The number of ether oxygens (including phenoxy) is 2. The van der Waals surface area contributed by atoms with Gasteiger partial charge in [0.15, 0.2) is 0 Å². The Labute approximate surface area is 322 Å². The minimum atomic E-state index is -0.0289. The van der Waals surface area contributed by atoms with Crippen LogP contribution in [0.5, 0.6) is 0 Å². The summed E-state index contributed by atoms with van der Waals surface area (Å²) in [5, 5.41) is 19.4. The second-order valence-corrected chi connectivity index (χ2v) is 15.4. The molecule has 0 aromatic rings. The molecule has 8 nitrogen and oxygen atoms in total. The predicted octanol–water partition coefficient (Wildman–Crippen LogP) is 10.1. The van der Waals surface area contributed by atoms with Crippen molar-refractivity contribution in [3.05, 3.63) is 0 Å². The van der Waals surface area contributed by atoms with E-state index in [1.54, 1.807) is 0 Å². The van der Waals surface area contributed by atoms with E-state index in [1.165, 1.54) is 103 Å². The predicted molar refractivity (Wildman–Crippen MR) is 219 cm³/mol. The lowest BCUT2D eigenvalue weighted by atomic mass is 9.94. The van der Waals surface area contributed by atoms with Gasteiger partial charge < -0.3 is 19.7 Å². The van der Waals surface area contributed by atoms with Crippen LogP contribution in [-0.4, -0.2) is 97.6 Å². The summed E-state index contributed by atoms with van der Waals surface area (Å²) in [6.07, 6.45) is 29.4. The molecule has 0 rings (SSSR count). The van der Waals surface area contributed by atoms with Crippen LogP contribution in [0.3, 0.4) is 0 Å². The van der Waals surface area contributed by atoms with Crippen LogP contribution in [0.1, 0.15) is 195 Å². The van der Waals surface area contributed by atoms with Gasteiger partial charge in [-0.3, -0.25) is 19.4 Å². The average molecular weight is 741 g/mol. The molecule has 0 amide bonds. The fourth-order valence-corrected chi connectivity index (χ4v) is 7.13. The third kappa shape index (κ3) is 31.2. The van der Waals surface area contributed by atoms with Crippen molar-refractivity contribution in [3.8, 4) is 0 Å². The Morgan fingerprint density at radius 1 is 0.404 bits per heavy atom. The molecule has 0 radical (unpaired) electrons. The molecule has 0 aliphatic carbocycles. The fourth-order valence-electron chi connectivity index (χ4n) is 7.13. The summed E-state index contributed by atoms with van der Waals surface area (Å²) < 4.78 is 11.6. The van der Waals surface area contributed by atoms with E-state index in [1.807, 2.05) is 0 Å². The minimum absolute atomic E-state index is 0.0138. The van der Waals surface area contributed by atoms with Gasteiger partial charge in [0.1, 0.15) is 0 Å². The first-order valence-corrected chi connectivity index (χ1v) is 22.5. The van der Waals surface area contributed by atoms with E-state index in [4.69, 9.17) is 9.47 Å². The molecule has 2 N–H and O–H groups in total. The van der Waals surface area contributed by atoms with Crippen molar-refractivity contribution in [2.45, 2.75) is 195 Å². The van der Waals surface area contributed by atoms with Gasteiger partial charge in [-0.1, -0.05) is 156 Å². The molecule has 0 aromatic carbocycles. The van der Waals surface area contributed by atoms with Gasteiger partial charge in [-0.25, -0.2) is 0 Å². The number of rotatable bonds is 41. The van der Waals surface area contributed by atoms with Crippen LogP contribution in [0.4, 0.5) is 0 Å². The number of aliphatic hydroxyl groups excluding tert-OH is 2. The molecule has 0 saturated carbocycles.